The minimum absolute atomic E-state index is 0.102. The van der Waals surface area contributed by atoms with Gasteiger partial charge in [0.1, 0.15) is 0 Å². The van der Waals surface area contributed by atoms with Crippen LogP contribution in [0.1, 0.15) is 19.3 Å². The van der Waals surface area contributed by atoms with Crippen LogP contribution in [-0.2, 0) is 4.79 Å². The summed E-state index contributed by atoms with van der Waals surface area (Å²) in [4.78, 5) is 25.7. The SMILES string of the molecule is COc1ccc(N2CCC(C(=O)N3CCC(COc4ccc(Cl)cn4)C3)CC2)cn1. The highest BCUT2D eigenvalue weighted by Crippen LogP contribution is 2.27. The molecule has 0 aromatic carbocycles. The largest absolute Gasteiger partial charge is 0.481 e. The maximum atomic E-state index is 13.0. The van der Waals surface area contributed by atoms with Crippen molar-refractivity contribution in [1.82, 2.24) is 14.9 Å². The van der Waals surface area contributed by atoms with Gasteiger partial charge in [-0.15, -0.1) is 0 Å². The van der Waals surface area contributed by atoms with Crippen molar-refractivity contribution in [2.45, 2.75) is 19.3 Å². The molecule has 0 spiro atoms. The summed E-state index contributed by atoms with van der Waals surface area (Å²) >= 11 is 5.85. The highest BCUT2D eigenvalue weighted by atomic mass is 35.5. The topological polar surface area (TPSA) is 67.8 Å². The van der Waals surface area contributed by atoms with E-state index in [9.17, 15) is 4.79 Å². The first-order valence-corrected chi connectivity index (χ1v) is 10.8. The molecular formula is C22H27ClN4O3. The molecule has 2 aliphatic rings. The molecule has 160 valence electrons. The number of hydrogen-bond donors (Lipinski definition) is 0. The standard InChI is InChI=1S/C22H27ClN4O3/c1-29-20-5-3-19(13-25-20)26-10-7-17(8-11-26)22(28)27-9-6-16(14-27)15-30-21-4-2-18(23)12-24-21/h2-5,12-13,16-17H,6-11,14-15H2,1H3. The molecule has 7 nitrogen and oxygen atoms in total. The minimum Gasteiger partial charge on any atom is -0.481 e. The van der Waals surface area contributed by atoms with Crippen LogP contribution in [0.5, 0.6) is 11.8 Å². The molecule has 2 aromatic rings. The zero-order chi connectivity index (χ0) is 20.9. The number of pyridine rings is 2. The molecule has 0 aliphatic carbocycles. The molecule has 0 saturated carbocycles. The summed E-state index contributed by atoms with van der Waals surface area (Å²) in [5.74, 6) is 1.92. The number of likely N-dealkylation sites (tertiary alicyclic amines) is 1. The van der Waals surface area contributed by atoms with E-state index in [4.69, 9.17) is 21.1 Å². The molecule has 8 heteroatoms. The van der Waals surface area contributed by atoms with Crippen molar-refractivity contribution in [1.29, 1.82) is 0 Å². The highest BCUT2D eigenvalue weighted by molar-refractivity contribution is 6.30. The normalized spacial score (nSPS) is 19.7. The van der Waals surface area contributed by atoms with Gasteiger partial charge in [-0.1, -0.05) is 11.6 Å². The Morgan fingerprint density at radius 3 is 2.50 bits per heavy atom. The lowest BCUT2D eigenvalue weighted by Crippen LogP contribution is -2.42. The van der Waals surface area contributed by atoms with Crippen LogP contribution in [0.25, 0.3) is 0 Å². The fourth-order valence-electron chi connectivity index (χ4n) is 4.14. The van der Waals surface area contributed by atoms with Crippen LogP contribution in [0.4, 0.5) is 5.69 Å². The van der Waals surface area contributed by atoms with Crippen molar-refractivity contribution in [3.63, 3.8) is 0 Å². The van der Waals surface area contributed by atoms with E-state index in [2.05, 4.69) is 14.9 Å². The number of hydrogen-bond acceptors (Lipinski definition) is 6. The number of carbonyl (C=O) groups excluding carboxylic acids is 1. The van der Waals surface area contributed by atoms with E-state index in [1.54, 1.807) is 25.4 Å². The van der Waals surface area contributed by atoms with Gasteiger partial charge >= 0.3 is 0 Å². The smallest absolute Gasteiger partial charge is 0.225 e. The predicted octanol–water partition coefficient (Wildman–Crippen LogP) is 3.28. The van der Waals surface area contributed by atoms with Gasteiger partial charge in [-0.2, -0.15) is 0 Å². The maximum Gasteiger partial charge on any atom is 0.225 e. The van der Waals surface area contributed by atoms with Gasteiger partial charge in [0.2, 0.25) is 17.7 Å². The van der Waals surface area contributed by atoms with E-state index in [0.717, 1.165) is 51.1 Å². The average molecular weight is 431 g/mol. The Morgan fingerprint density at radius 1 is 1.07 bits per heavy atom. The van der Waals surface area contributed by atoms with Crippen LogP contribution in [0, 0.1) is 11.8 Å². The number of aromatic nitrogens is 2. The van der Waals surface area contributed by atoms with Crippen LogP contribution in [-0.4, -0.2) is 60.7 Å². The van der Waals surface area contributed by atoms with Crippen LogP contribution in [0.15, 0.2) is 36.7 Å². The van der Waals surface area contributed by atoms with Crippen LogP contribution in [0.3, 0.4) is 0 Å². The second-order valence-corrected chi connectivity index (χ2v) is 8.32. The molecule has 0 bridgehead atoms. The highest BCUT2D eigenvalue weighted by Gasteiger charge is 2.33. The first-order chi connectivity index (χ1) is 14.6. The van der Waals surface area contributed by atoms with E-state index in [1.165, 1.54) is 0 Å². The van der Waals surface area contributed by atoms with E-state index >= 15 is 0 Å². The third-order valence-corrected chi connectivity index (χ3v) is 6.13. The van der Waals surface area contributed by atoms with Crippen molar-refractivity contribution in [3.8, 4) is 11.8 Å². The number of anilines is 1. The summed E-state index contributed by atoms with van der Waals surface area (Å²) in [6.07, 6.45) is 6.13. The first kappa shape index (κ1) is 20.7. The Balaban J connectivity index is 1.22. The van der Waals surface area contributed by atoms with E-state index in [-0.39, 0.29) is 11.8 Å². The van der Waals surface area contributed by atoms with Gasteiger partial charge in [-0.05, 0) is 31.4 Å². The Hall–Kier alpha value is -2.54. The molecule has 2 saturated heterocycles. The Bertz CT molecular complexity index is 838. The molecule has 2 fully saturated rings. The third-order valence-electron chi connectivity index (χ3n) is 5.90. The van der Waals surface area contributed by atoms with Crippen molar-refractivity contribution >= 4 is 23.2 Å². The molecule has 4 heterocycles. The average Bonchev–Trinajstić information content (AvgIpc) is 3.27. The first-order valence-electron chi connectivity index (χ1n) is 10.4. The number of methoxy groups -OCH3 is 1. The van der Waals surface area contributed by atoms with Gasteiger partial charge in [-0.25, -0.2) is 9.97 Å². The number of ether oxygens (including phenoxy) is 2. The van der Waals surface area contributed by atoms with E-state index in [0.29, 0.717) is 29.3 Å². The quantitative estimate of drug-likeness (QED) is 0.700. The summed E-state index contributed by atoms with van der Waals surface area (Å²) in [5, 5.41) is 0.592. The fourth-order valence-corrected chi connectivity index (χ4v) is 4.25. The lowest BCUT2D eigenvalue weighted by molar-refractivity contribution is -0.135. The summed E-state index contributed by atoms with van der Waals surface area (Å²) in [6, 6.07) is 7.43. The Morgan fingerprint density at radius 2 is 1.83 bits per heavy atom. The van der Waals surface area contributed by atoms with Crippen molar-refractivity contribution in [3.05, 3.63) is 41.7 Å². The third kappa shape index (κ3) is 4.95. The lowest BCUT2D eigenvalue weighted by Gasteiger charge is -2.34. The minimum atomic E-state index is 0.102. The summed E-state index contributed by atoms with van der Waals surface area (Å²) in [6.45, 7) is 3.87. The molecule has 1 atom stereocenters. The van der Waals surface area contributed by atoms with Crippen LogP contribution in [0.2, 0.25) is 5.02 Å². The molecule has 2 aliphatic heterocycles. The second-order valence-electron chi connectivity index (χ2n) is 7.88. The molecule has 0 N–H and O–H groups in total. The Kier molecular flexibility index (Phi) is 6.57. The zero-order valence-corrected chi connectivity index (χ0v) is 17.9. The second kappa shape index (κ2) is 9.51. The van der Waals surface area contributed by atoms with Gasteiger partial charge in [0, 0.05) is 56.3 Å². The summed E-state index contributed by atoms with van der Waals surface area (Å²) < 4.78 is 10.9. The van der Waals surface area contributed by atoms with Crippen LogP contribution < -0.4 is 14.4 Å². The van der Waals surface area contributed by atoms with Gasteiger partial charge in [-0.3, -0.25) is 4.79 Å². The van der Waals surface area contributed by atoms with Crippen molar-refractivity contribution in [2.75, 3.05) is 44.8 Å². The number of carbonyl (C=O) groups is 1. The zero-order valence-electron chi connectivity index (χ0n) is 17.2. The number of rotatable bonds is 6. The lowest BCUT2D eigenvalue weighted by atomic mass is 9.95. The fraction of sp³-hybridized carbons (Fsp3) is 0.500. The van der Waals surface area contributed by atoms with Gasteiger partial charge in [0.15, 0.2) is 0 Å². The van der Waals surface area contributed by atoms with Crippen LogP contribution >= 0.6 is 11.6 Å². The molecule has 0 radical (unpaired) electrons. The number of halogens is 1. The number of piperidine rings is 1. The molecule has 1 unspecified atom stereocenters. The predicted molar refractivity (Wildman–Crippen MR) is 115 cm³/mol. The Labute approximate surface area is 182 Å². The molecule has 30 heavy (non-hydrogen) atoms. The number of nitrogens with zero attached hydrogens (tertiary/aromatic N) is 4. The molecule has 4 rings (SSSR count). The molecular weight excluding hydrogens is 404 g/mol. The molecule has 1 amide bonds. The van der Waals surface area contributed by atoms with Gasteiger partial charge < -0.3 is 19.3 Å². The van der Waals surface area contributed by atoms with E-state index in [1.807, 2.05) is 23.2 Å². The van der Waals surface area contributed by atoms with Crippen molar-refractivity contribution in [2.24, 2.45) is 11.8 Å². The van der Waals surface area contributed by atoms with Gasteiger partial charge in [0.25, 0.3) is 0 Å². The maximum absolute atomic E-state index is 13.0. The monoisotopic (exact) mass is 430 g/mol. The van der Waals surface area contributed by atoms with E-state index < -0.39 is 0 Å². The summed E-state index contributed by atoms with van der Waals surface area (Å²) in [7, 11) is 1.61. The summed E-state index contributed by atoms with van der Waals surface area (Å²) in [5.41, 5.74) is 1.08. The number of amides is 1. The molecule has 2 aromatic heterocycles. The van der Waals surface area contributed by atoms with Crippen molar-refractivity contribution < 1.29 is 14.3 Å². The van der Waals surface area contributed by atoms with Gasteiger partial charge in [0.05, 0.1) is 30.6 Å².